The van der Waals surface area contributed by atoms with Crippen LogP contribution in [0.1, 0.15) is 38.0 Å². The van der Waals surface area contributed by atoms with Gasteiger partial charge in [-0.2, -0.15) is 0 Å². The molecule has 1 aliphatic heterocycles. The number of carbonyl (C=O) groups excluding carboxylic acids is 2. The molecule has 0 saturated heterocycles. The van der Waals surface area contributed by atoms with E-state index in [1.807, 2.05) is 30.7 Å². The Hall–Kier alpha value is -4.25. The molecule has 9 nitrogen and oxygen atoms in total. The average molecular weight is 601 g/mol. The maximum Gasteiger partial charge on any atom is 0.324 e. The number of aryl methyl sites for hydroxylation is 2. The largest absolute Gasteiger partial charge is 0.446 e. The molecular formula is C31H29ClN6O3S. The molecule has 0 aliphatic carbocycles. The smallest absolute Gasteiger partial charge is 0.324 e. The molecule has 3 aromatic heterocycles. The summed E-state index contributed by atoms with van der Waals surface area (Å²) < 4.78 is 6.05. The molecule has 214 valence electrons. The van der Waals surface area contributed by atoms with Crippen molar-refractivity contribution in [2.75, 3.05) is 23.7 Å². The molecule has 0 radical (unpaired) electrons. The number of rotatable bonds is 9. The van der Waals surface area contributed by atoms with Gasteiger partial charge in [0.2, 0.25) is 0 Å². The van der Waals surface area contributed by atoms with Gasteiger partial charge in [-0.3, -0.25) is 20.0 Å². The van der Waals surface area contributed by atoms with Gasteiger partial charge in [0.1, 0.15) is 10.8 Å². The van der Waals surface area contributed by atoms with Gasteiger partial charge in [-0.15, -0.1) is 11.3 Å². The monoisotopic (exact) mass is 600 g/mol. The zero-order valence-corrected chi connectivity index (χ0v) is 24.3. The number of pyridine rings is 1. The summed E-state index contributed by atoms with van der Waals surface area (Å²) in [5.41, 5.74) is 8.81. The van der Waals surface area contributed by atoms with E-state index < -0.39 is 11.9 Å². The standard InChI is InChI=1S/C31H29ClN6O3S/c32-21-6-8-22(9-7-21)36-31(40)37-30-28(29(33)39)25-11-13-38(18-26(25)42-30)14-12-27-35-17-23(41-27)10-5-20-16-34-15-19-3-1-2-4-24(19)20/h1-4,6-9,15-17H,5,10-14,18H2,(H2,33,39)(H2,36,37,40). The van der Waals surface area contributed by atoms with Crippen LogP contribution >= 0.6 is 22.9 Å². The van der Waals surface area contributed by atoms with E-state index in [4.69, 9.17) is 21.8 Å². The summed E-state index contributed by atoms with van der Waals surface area (Å²) >= 11 is 7.31. The second-order valence-corrected chi connectivity index (χ2v) is 11.7. The zero-order chi connectivity index (χ0) is 29.1. The number of oxazole rings is 1. The number of primary amides is 1. The van der Waals surface area contributed by atoms with E-state index in [0.29, 0.717) is 46.6 Å². The summed E-state index contributed by atoms with van der Waals surface area (Å²) in [6, 6.07) is 14.6. The molecule has 0 unspecified atom stereocenters. The first-order valence-corrected chi connectivity index (χ1v) is 14.9. The SMILES string of the molecule is NC(=O)c1c(NC(=O)Nc2ccc(Cl)cc2)sc2c1CCN(CCc1ncc(CCc3cncc4ccccc34)o1)C2. The lowest BCUT2D eigenvalue weighted by Crippen LogP contribution is -2.32. The van der Waals surface area contributed by atoms with E-state index in [9.17, 15) is 9.59 Å². The van der Waals surface area contributed by atoms with Crippen LogP contribution in [-0.4, -0.2) is 39.9 Å². The molecule has 0 atom stereocenters. The highest BCUT2D eigenvalue weighted by Gasteiger charge is 2.28. The fourth-order valence-electron chi connectivity index (χ4n) is 5.26. The van der Waals surface area contributed by atoms with Gasteiger partial charge in [0.15, 0.2) is 5.89 Å². The first-order chi connectivity index (χ1) is 20.4. The highest BCUT2D eigenvalue weighted by Crippen LogP contribution is 2.37. The van der Waals surface area contributed by atoms with Crippen molar-refractivity contribution in [3.05, 3.63) is 105 Å². The van der Waals surface area contributed by atoms with Gasteiger partial charge >= 0.3 is 6.03 Å². The Kier molecular flexibility index (Phi) is 8.18. The van der Waals surface area contributed by atoms with E-state index in [1.54, 1.807) is 24.3 Å². The third-order valence-corrected chi connectivity index (χ3v) is 8.73. The van der Waals surface area contributed by atoms with Crippen LogP contribution in [0.25, 0.3) is 10.8 Å². The average Bonchev–Trinajstić information content (AvgIpc) is 3.59. The first kappa shape index (κ1) is 27.9. The van der Waals surface area contributed by atoms with Crippen molar-refractivity contribution in [1.82, 2.24) is 14.9 Å². The summed E-state index contributed by atoms with van der Waals surface area (Å²) in [6.45, 7) is 2.18. The van der Waals surface area contributed by atoms with Crippen LogP contribution < -0.4 is 16.4 Å². The van der Waals surface area contributed by atoms with Gasteiger partial charge in [-0.25, -0.2) is 9.78 Å². The first-order valence-electron chi connectivity index (χ1n) is 13.7. The summed E-state index contributed by atoms with van der Waals surface area (Å²) in [4.78, 5) is 37.2. The minimum Gasteiger partial charge on any atom is -0.446 e. The molecule has 0 spiro atoms. The maximum absolute atomic E-state index is 12.6. The Balaban J connectivity index is 1.05. The number of hydrogen-bond donors (Lipinski definition) is 3. The summed E-state index contributed by atoms with van der Waals surface area (Å²) in [5, 5.41) is 8.94. The Bertz CT molecular complexity index is 1740. The molecule has 4 heterocycles. The fraction of sp³-hybridized carbons (Fsp3) is 0.226. The molecule has 2 aromatic carbocycles. The van der Waals surface area contributed by atoms with Crippen LogP contribution in [0.2, 0.25) is 5.02 Å². The highest BCUT2D eigenvalue weighted by molar-refractivity contribution is 7.17. The van der Waals surface area contributed by atoms with Crippen LogP contribution in [0.4, 0.5) is 15.5 Å². The molecule has 3 amide bonds. The highest BCUT2D eigenvalue weighted by atomic mass is 35.5. The number of amides is 3. The van der Waals surface area contributed by atoms with E-state index in [1.165, 1.54) is 22.3 Å². The number of urea groups is 1. The van der Waals surface area contributed by atoms with E-state index >= 15 is 0 Å². The number of nitrogens with two attached hydrogens (primary N) is 1. The van der Waals surface area contributed by atoms with Crippen molar-refractivity contribution >= 4 is 56.3 Å². The Morgan fingerprint density at radius 2 is 1.86 bits per heavy atom. The number of hydrogen-bond acceptors (Lipinski definition) is 7. The number of nitrogens with one attached hydrogen (secondary N) is 2. The van der Waals surface area contributed by atoms with Gasteiger partial charge < -0.3 is 15.5 Å². The second kappa shape index (κ2) is 12.3. The number of fused-ring (bicyclic) bond motifs is 2. The Morgan fingerprint density at radius 3 is 2.69 bits per heavy atom. The molecule has 0 fully saturated rings. The van der Waals surface area contributed by atoms with Gasteiger partial charge in [0.05, 0.1) is 11.8 Å². The quantitative estimate of drug-likeness (QED) is 0.189. The van der Waals surface area contributed by atoms with Crippen LogP contribution in [0.15, 0.2) is 71.5 Å². The molecule has 0 bridgehead atoms. The molecule has 6 rings (SSSR count). The van der Waals surface area contributed by atoms with E-state index in [-0.39, 0.29) is 0 Å². The van der Waals surface area contributed by atoms with Crippen LogP contribution in [-0.2, 0) is 32.2 Å². The van der Waals surface area contributed by atoms with Gasteiger partial charge in [-0.1, -0.05) is 35.9 Å². The minimum atomic E-state index is -0.547. The summed E-state index contributed by atoms with van der Waals surface area (Å²) in [6.07, 6.45) is 8.54. The van der Waals surface area contributed by atoms with Crippen molar-refractivity contribution in [2.24, 2.45) is 5.73 Å². The number of halogens is 1. The minimum absolute atomic E-state index is 0.389. The van der Waals surface area contributed by atoms with Gasteiger partial charge in [-0.05, 0) is 53.6 Å². The topological polar surface area (TPSA) is 126 Å². The molecule has 1 aliphatic rings. The number of thiophene rings is 1. The molecule has 42 heavy (non-hydrogen) atoms. The summed E-state index contributed by atoms with van der Waals surface area (Å²) in [7, 11) is 0. The maximum atomic E-state index is 12.6. The third kappa shape index (κ3) is 6.30. The van der Waals surface area contributed by atoms with Crippen molar-refractivity contribution in [3.63, 3.8) is 0 Å². The third-order valence-electron chi connectivity index (χ3n) is 7.35. The second-order valence-electron chi connectivity index (χ2n) is 10.2. The van der Waals surface area contributed by atoms with Crippen LogP contribution in [0, 0.1) is 0 Å². The zero-order valence-electron chi connectivity index (χ0n) is 22.7. The lowest BCUT2D eigenvalue weighted by molar-refractivity contribution is 0.1000. The number of anilines is 2. The van der Waals surface area contributed by atoms with Gasteiger partial charge in [0.25, 0.3) is 5.91 Å². The summed E-state index contributed by atoms with van der Waals surface area (Å²) in [5.74, 6) is 1.02. The van der Waals surface area contributed by atoms with Crippen LogP contribution in [0.3, 0.4) is 0 Å². The van der Waals surface area contributed by atoms with Crippen molar-refractivity contribution < 1.29 is 14.0 Å². The molecular weight excluding hydrogens is 572 g/mol. The molecule has 11 heteroatoms. The Labute approximate surface area is 251 Å². The predicted octanol–water partition coefficient (Wildman–Crippen LogP) is 6.07. The number of benzene rings is 2. The fourth-order valence-corrected chi connectivity index (χ4v) is 6.68. The van der Waals surface area contributed by atoms with E-state index in [2.05, 4.69) is 37.6 Å². The molecule has 4 N–H and O–H groups in total. The Morgan fingerprint density at radius 1 is 1.02 bits per heavy atom. The van der Waals surface area contributed by atoms with Crippen molar-refractivity contribution in [1.29, 1.82) is 0 Å². The molecule has 5 aromatic rings. The van der Waals surface area contributed by atoms with Crippen molar-refractivity contribution in [2.45, 2.75) is 32.2 Å². The lowest BCUT2D eigenvalue weighted by atomic mass is 10.0. The van der Waals surface area contributed by atoms with Crippen molar-refractivity contribution in [3.8, 4) is 0 Å². The predicted molar refractivity (Wildman–Crippen MR) is 165 cm³/mol. The normalized spacial score (nSPS) is 13.2. The number of carbonyl (C=O) groups is 2. The number of aromatic nitrogens is 2. The number of nitrogens with zero attached hydrogens (tertiary/aromatic N) is 3. The van der Waals surface area contributed by atoms with Crippen LogP contribution in [0.5, 0.6) is 0 Å². The van der Waals surface area contributed by atoms with E-state index in [0.717, 1.165) is 47.5 Å². The lowest BCUT2D eigenvalue weighted by Gasteiger charge is -2.26. The van der Waals surface area contributed by atoms with Gasteiger partial charge in [0, 0.05) is 65.8 Å². The molecule has 0 saturated carbocycles.